The number of aliphatic carboxylic acids is 1. The molecule has 2 aliphatic rings. The van der Waals surface area contributed by atoms with Crippen LogP contribution >= 0.6 is 11.3 Å². The maximum atomic E-state index is 12.6. The first-order valence-corrected chi connectivity index (χ1v) is 10.6. The summed E-state index contributed by atoms with van der Waals surface area (Å²) in [7, 11) is 0. The van der Waals surface area contributed by atoms with E-state index in [0.717, 1.165) is 35.7 Å². The monoisotopic (exact) mass is 399 g/mol. The molecule has 0 unspecified atom stereocenters. The lowest BCUT2D eigenvalue weighted by Crippen LogP contribution is -2.55. The molecule has 4 rings (SSSR count). The van der Waals surface area contributed by atoms with Crippen molar-refractivity contribution < 1.29 is 14.7 Å². The van der Waals surface area contributed by atoms with E-state index in [1.165, 1.54) is 12.8 Å². The molecule has 2 saturated carbocycles. The number of amides is 1. The maximum absolute atomic E-state index is 12.6. The Morgan fingerprint density at radius 1 is 1.32 bits per heavy atom. The number of carboxylic acid groups (broad SMARTS) is 1. The van der Waals surface area contributed by atoms with Crippen molar-refractivity contribution in [2.75, 3.05) is 13.1 Å². The van der Waals surface area contributed by atoms with E-state index in [4.69, 9.17) is 5.11 Å². The number of nitrogens with one attached hydrogen (secondary N) is 1. The van der Waals surface area contributed by atoms with Crippen LogP contribution < -0.4 is 5.32 Å². The van der Waals surface area contributed by atoms with E-state index in [2.05, 4.69) is 15.2 Å². The molecule has 0 saturated heterocycles. The van der Waals surface area contributed by atoms with Gasteiger partial charge in [-0.2, -0.15) is 0 Å². The molecule has 7 heteroatoms. The molecule has 148 valence electrons. The van der Waals surface area contributed by atoms with E-state index in [1.54, 1.807) is 11.3 Å². The van der Waals surface area contributed by atoms with Crippen LogP contribution in [0.1, 0.15) is 41.7 Å². The lowest BCUT2D eigenvalue weighted by atomic mass is 9.85. The highest BCUT2D eigenvalue weighted by Crippen LogP contribution is 2.34. The Bertz CT molecular complexity index is 871. The van der Waals surface area contributed by atoms with Crippen LogP contribution in [0, 0.1) is 12.8 Å². The largest absolute Gasteiger partial charge is 0.480 e. The Kier molecular flexibility index (Phi) is 5.46. The smallest absolute Gasteiger partial charge is 0.317 e. The fourth-order valence-corrected chi connectivity index (χ4v) is 4.50. The summed E-state index contributed by atoms with van der Waals surface area (Å²) in [6.07, 6.45) is 4.05. The van der Waals surface area contributed by atoms with Gasteiger partial charge in [0.2, 0.25) is 0 Å². The van der Waals surface area contributed by atoms with Gasteiger partial charge >= 0.3 is 5.97 Å². The molecule has 1 aromatic heterocycles. The quantitative estimate of drug-likeness (QED) is 0.712. The summed E-state index contributed by atoms with van der Waals surface area (Å²) >= 11 is 1.57. The van der Waals surface area contributed by atoms with Crippen molar-refractivity contribution >= 4 is 23.2 Å². The number of rotatable bonds is 8. The zero-order chi connectivity index (χ0) is 19.7. The van der Waals surface area contributed by atoms with Gasteiger partial charge in [-0.1, -0.05) is 12.1 Å². The summed E-state index contributed by atoms with van der Waals surface area (Å²) in [6, 6.07) is 7.92. The second-order valence-corrected chi connectivity index (χ2v) is 8.80. The van der Waals surface area contributed by atoms with Crippen LogP contribution in [0.4, 0.5) is 0 Å². The fourth-order valence-electron chi connectivity index (χ4n) is 3.70. The van der Waals surface area contributed by atoms with Crippen LogP contribution in [-0.2, 0) is 4.79 Å². The van der Waals surface area contributed by atoms with Crippen LogP contribution in [0.3, 0.4) is 0 Å². The molecule has 2 fully saturated rings. The third-order valence-electron chi connectivity index (χ3n) is 5.48. The van der Waals surface area contributed by atoms with Gasteiger partial charge in [-0.25, -0.2) is 4.98 Å². The number of hydrogen-bond donors (Lipinski definition) is 2. The average molecular weight is 400 g/mol. The van der Waals surface area contributed by atoms with Gasteiger partial charge in [-0.15, -0.1) is 11.3 Å². The molecular weight excluding hydrogens is 374 g/mol. The Labute approximate surface area is 168 Å². The molecule has 1 amide bonds. The van der Waals surface area contributed by atoms with Crippen molar-refractivity contribution in [1.82, 2.24) is 15.2 Å². The lowest BCUT2D eigenvalue weighted by Gasteiger charge is -2.42. The second-order valence-electron chi connectivity index (χ2n) is 7.94. The summed E-state index contributed by atoms with van der Waals surface area (Å²) in [5, 5.41) is 15.2. The highest BCUT2D eigenvalue weighted by Gasteiger charge is 2.37. The first-order valence-electron chi connectivity index (χ1n) is 9.77. The molecule has 2 N–H and O–H groups in total. The number of hydrogen-bond acceptors (Lipinski definition) is 5. The summed E-state index contributed by atoms with van der Waals surface area (Å²) in [5.41, 5.74) is 2.57. The minimum atomic E-state index is -0.776. The van der Waals surface area contributed by atoms with Gasteiger partial charge in [0.05, 0.1) is 6.54 Å². The predicted octanol–water partition coefficient (Wildman–Crippen LogP) is 3.18. The fraction of sp³-hybridized carbons (Fsp3) is 0.476. The first-order chi connectivity index (χ1) is 13.5. The Morgan fingerprint density at radius 2 is 2.11 bits per heavy atom. The number of carbonyl (C=O) groups is 2. The topological polar surface area (TPSA) is 82.5 Å². The third-order valence-corrected chi connectivity index (χ3v) is 6.49. The predicted molar refractivity (Wildman–Crippen MR) is 108 cm³/mol. The molecule has 2 aromatic rings. The number of aryl methyl sites for hydroxylation is 1. The number of carbonyl (C=O) groups excluding carboxylic acids is 1. The van der Waals surface area contributed by atoms with Gasteiger partial charge in [-0.05, 0) is 50.7 Å². The summed E-state index contributed by atoms with van der Waals surface area (Å²) < 4.78 is 0. The van der Waals surface area contributed by atoms with Gasteiger partial charge in [0, 0.05) is 40.8 Å². The van der Waals surface area contributed by atoms with Crippen LogP contribution in [-0.4, -0.2) is 52.0 Å². The molecule has 0 radical (unpaired) electrons. The average Bonchev–Trinajstić information content (AvgIpc) is 3.34. The van der Waals surface area contributed by atoms with E-state index in [9.17, 15) is 9.59 Å². The van der Waals surface area contributed by atoms with Crippen molar-refractivity contribution in [3.05, 3.63) is 40.9 Å². The van der Waals surface area contributed by atoms with Crippen molar-refractivity contribution in [2.45, 2.75) is 44.7 Å². The minimum Gasteiger partial charge on any atom is -0.480 e. The van der Waals surface area contributed by atoms with Crippen LogP contribution in [0.5, 0.6) is 0 Å². The highest BCUT2D eigenvalue weighted by atomic mass is 32.1. The zero-order valence-corrected chi connectivity index (χ0v) is 16.7. The van der Waals surface area contributed by atoms with E-state index >= 15 is 0 Å². The summed E-state index contributed by atoms with van der Waals surface area (Å²) in [4.78, 5) is 30.3. The normalized spacial score (nSPS) is 21.4. The minimum absolute atomic E-state index is 0.0782. The Hall–Kier alpha value is -2.25. The molecule has 1 heterocycles. The molecule has 6 nitrogen and oxygen atoms in total. The van der Waals surface area contributed by atoms with Gasteiger partial charge < -0.3 is 10.4 Å². The summed E-state index contributed by atoms with van der Waals surface area (Å²) in [6.45, 7) is 2.92. The number of aromatic nitrogens is 1. The molecule has 0 spiro atoms. The number of nitrogens with zero attached hydrogens (tertiary/aromatic N) is 2. The van der Waals surface area contributed by atoms with E-state index in [-0.39, 0.29) is 24.5 Å². The maximum Gasteiger partial charge on any atom is 0.317 e. The zero-order valence-electron chi connectivity index (χ0n) is 15.9. The molecule has 0 aliphatic heterocycles. The van der Waals surface area contributed by atoms with Gasteiger partial charge in [0.1, 0.15) is 5.01 Å². The van der Waals surface area contributed by atoms with Crippen molar-refractivity contribution in [3.8, 4) is 10.6 Å². The van der Waals surface area contributed by atoms with Crippen LogP contribution in [0.15, 0.2) is 29.6 Å². The summed E-state index contributed by atoms with van der Waals surface area (Å²) in [5.74, 6) is -0.196. The molecular formula is C21H25N3O3S. The Morgan fingerprint density at radius 3 is 2.75 bits per heavy atom. The number of benzene rings is 1. The number of carboxylic acids is 1. The third kappa shape index (κ3) is 4.59. The van der Waals surface area contributed by atoms with Crippen LogP contribution in [0.25, 0.3) is 10.6 Å². The van der Waals surface area contributed by atoms with Crippen molar-refractivity contribution in [2.24, 2.45) is 5.92 Å². The van der Waals surface area contributed by atoms with Gasteiger partial charge in [0.25, 0.3) is 5.91 Å². The molecule has 0 atom stereocenters. The van der Waals surface area contributed by atoms with Crippen molar-refractivity contribution in [3.63, 3.8) is 0 Å². The number of thiazole rings is 1. The standard InChI is InChI=1S/C21H25N3O3S/c1-13-12-28-21(22-13)16-4-2-3-15(7-16)20(27)23-17-8-18(9-17)24(11-19(25)26)10-14-5-6-14/h2-4,7,12,14,17-18H,5-6,8-11H2,1H3,(H,23,27)(H,25,26). The molecule has 2 aliphatic carbocycles. The van der Waals surface area contributed by atoms with Gasteiger partial charge in [-0.3, -0.25) is 14.5 Å². The lowest BCUT2D eigenvalue weighted by molar-refractivity contribution is -0.139. The first kappa shape index (κ1) is 19.1. The Balaban J connectivity index is 1.33. The van der Waals surface area contributed by atoms with E-state index in [1.807, 2.05) is 36.6 Å². The van der Waals surface area contributed by atoms with Gasteiger partial charge in [0.15, 0.2) is 0 Å². The second kappa shape index (κ2) is 8.01. The van der Waals surface area contributed by atoms with E-state index in [0.29, 0.717) is 11.5 Å². The molecule has 28 heavy (non-hydrogen) atoms. The SMILES string of the molecule is Cc1csc(-c2cccc(C(=O)NC3CC(N(CC(=O)O)CC4CC4)C3)c2)n1. The molecule has 1 aromatic carbocycles. The highest BCUT2D eigenvalue weighted by molar-refractivity contribution is 7.13. The van der Waals surface area contributed by atoms with E-state index < -0.39 is 5.97 Å². The van der Waals surface area contributed by atoms with Crippen molar-refractivity contribution in [1.29, 1.82) is 0 Å². The van der Waals surface area contributed by atoms with Crippen LogP contribution in [0.2, 0.25) is 0 Å². The molecule has 0 bridgehead atoms.